The highest BCUT2D eigenvalue weighted by Crippen LogP contribution is 2.26. The Morgan fingerprint density at radius 3 is 2.29 bits per heavy atom. The lowest BCUT2D eigenvalue weighted by molar-refractivity contribution is 0.345. The van der Waals surface area contributed by atoms with Crippen LogP contribution in [0.25, 0.3) is 11.1 Å². The Morgan fingerprint density at radius 2 is 1.58 bits per heavy atom. The molecule has 0 aliphatic rings. The molecule has 0 bridgehead atoms. The van der Waals surface area contributed by atoms with Gasteiger partial charge in [-0.1, -0.05) is 37.3 Å². The molecule has 0 fully saturated rings. The van der Waals surface area contributed by atoms with Crippen LogP contribution in [0.15, 0.2) is 73.1 Å². The molecular weight excluding hydrogens is 296 g/mol. The van der Waals surface area contributed by atoms with Crippen molar-refractivity contribution in [1.29, 1.82) is 0 Å². The molecule has 0 unspecified atom stereocenters. The van der Waals surface area contributed by atoms with Gasteiger partial charge in [0.1, 0.15) is 11.5 Å². The van der Waals surface area contributed by atoms with Crippen molar-refractivity contribution in [2.75, 3.05) is 13.6 Å². The van der Waals surface area contributed by atoms with E-state index in [2.05, 4.69) is 42.1 Å². The first kappa shape index (κ1) is 16.2. The van der Waals surface area contributed by atoms with Crippen LogP contribution in [0, 0.1) is 0 Å². The Labute approximate surface area is 143 Å². The smallest absolute Gasteiger partial charge is 0.127 e. The third kappa shape index (κ3) is 4.21. The minimum absolute atomic E-state index is 0.833. The summed E-state index contributed by atoms with van der Waals surface area (Å²) in [7, 11) is 2.11. The topological polar surface area (TPSA) is 25.4 Å². The second-order valence-electron chi connectivity index (χ2n) is 5.85. The minimum atomic E-state index is 0.833. The zero-order valence-corrected chi connectivity index (χ0v) is 14.1. The quantitative estimate of drug-likeness (QED) is 0.640. The van der Waals surface area contributed by atoms with E-state index in [9.17, 15) is 0 Å². The van der Waals surface area contributed by atoms with Crippen molar-refractivity contribution in [3.63, 3.8) is 0 Å². The number of hydrogen-bond donors (Lipinski definition) is 0. The zero-order chi connectivity index (χ0) is 16.8. The van der Waals surface area contributed by atoms with E-state index in [0.717, 1.165) is 35.7 Å². The molecule has 0 saturated carbocycles. The van der Waals surface area contributed by atoms with E-state index in [-0.39, 0.29) is 0 Å². The number of ether oxygens (including phenoxy) is 1. The van der Waals surface area contributed by atoms with E-state index < -0.39 is 0 Å². The predicted molar refractivity (Wildman–Crippen MR) is 98.2 cm³/mol. The van der Waals surface area contributed by atoms with Gasteiger partial charge in [-0.3, -0.25) is 4.98 Å². The van der Waals surface area contributed by atoms with Crippen LogP contribution in [0.1, 0.15) is 12.5 Å². The van der Waals surface area contributed by atoms with E-state index in [1.165, 1.54) is 5.56 Å². The third-order valence-corrected chi connectivity index (χ3v) is 3.95. The molecule has 122 valence electrons. The molecule has 0 aliphatic carbocycles. The maximum absolute atomic E-state index is 5.84. The highest BCUT2D eigenvalue weighted by Gasteiger charge is 2.04. The van der Waals surface area contributed by atoms with Crippen molar-refractivity contribution >= 4 is 0 Å². The Hall–Kier alpha value is -2.65. The second kappa shape index (κ2) is 7.75. The highest BCUT2D eigenvalue weighted by molar-refractivity contribution is 5.64. The predicted octanol–water partition coefficient (Wildman–Crippen LogP) is 4.99. The first-order chi connectivity index (χ1) is 11.7. The monoisotopic (exact) mass is 318 g/mol. The molecule has 3 nitrogen and oxygen atoms in total. The number of pyridine rings is 1. The number of aromatic nitrogens is 1. The Balaban J connectivity index is 1.74. The zero-order valence-electron chi connectivity index (χ0n) is 14.1. The molecule has 3 heteroatoms. The van der Waals surface area contributed by atoms with Gasteiger partial charge in [-0.25, -0.2) is 0 Å². The molecule has 0 amide bonds. The molecule has 2 aromatic carbocycles. The van der Waals surface area contributed by atoms with E-state index in [1.54, 1.807) is 0 Å². The largest absolute Gasteiger partial charge is 0.457 e. The maximum Gasteiger partial charge on any atom is 0.127 e. The van der Waals surface area contributed by atoms with Crippen molar-refractivity contribution < 1.29 is 4.74 Å². The molecule has 0 spiro atoms. The van der Waals surface area contributed by atoms with Gasteiger partial charge in [0.25, 0.3) is 0 Å². The fourth-order valence-corrected chi connectivity index (χ4v) is 2.50. The van der Waals surface area contributed by atoms with Gasteiger partial charge in [0.2, 0.25) is 0 Å². The number of benzene rings is 2. The van der Waals surface area contributed by atoms with Gasteiger partial charge < -0.3 is 9.64 Å². The lowest BCUT2D eigenvalue weighted by atomic mass is 10.1. The molecule has 24 heavy (non-hydrogen) atoms. The number of rotatable bonds is 6. The van der Waals surface area contributed by atoms with Crippen LogP contribution in [-0.2, 0) is 6.54 Å². The van der Waals surface area contributed by atoms with Crippen molar-refractivity contribution in [2.24, 2.45) is 0 Å². The summed E-state index contributed by atoms with van der Waals surface area (Å²) in [5.74, 6) is 1.68. The number of nitrogens with zero attached hydrogens (tertiary/aromatic N) is 2. The standard InChI is InChI=1S/C21H22N2O/c1-3-23(2)16-17-13-19(15-22-14-17)18-9-11-21(12-10-18)24-20-7-5-4-6-8-20/h4-15H,3,16H2,1-2H3. The van der Waals surface area contributed by atoms with Crippen molar-refractivity contribution in [2.45, 2.75) is 13.5 Å². The average molecular weight is 318 g/mol. The van der Waals surface area contributed by atoms with Gasteiger partial charge in [0.05, 0.1) is 0 Å². The summed E-state index contributed by atoms with van der Waals surface area (Å²) >= 11 is 0. The van der Waals surface area contributed by atoms with Crippen molar-refractivity contribution in [1.82, 2.24) is 9.88 Å². The Bertz CT molecular complexity index is 769. The van der Waals surface area contributed by atoms with Crippen molar-refractivity contribution in [3.05, 3.63) is 78.6 Å². The second-order valence-corrected chi connectivity index (χ2v) is 5.85. The summed E-state index contributed by atoms with van der Waals surface area (Å²) in [5, 5.41) is 0. The number of para-hydroxylation sites is 1. The highest BCUT2D eigenvalue weighted by atomic mass is 16.5. The van der Waals surface area contributed by atoms with Gasteiger partial charge in [-0.2, -0.15) is 0 Å². The molecule has 0 radical (unpaired) electrons. The van der Waals surface area contributed by atoms with Gasteiger partial charge in [-0.15, -0.1) is 0 Å². The lowest BCUT2D eigenvalue weighted by Gasteiger charge is -2.14. The molecule has 3 rings (SSSR count). The summed E-state index contributed by atoms with van der Waals surface area (Å²) < 4.78 is 5.84. The number of hydrogen-bond acceptors (Lipinski definition) is 3. The first-order valence-corrected chi connectivity index (χ1v) is 8.20. The fourth-order valence-electron chi connectivity index (χ4n) is 2.50. The molecule has 0 N–H and O–H groups in total. The van der Waals surface area contributed by atoms with Gasteiger partial charge >= 0.3 is 0 Å². The van der Waals surface area contributed by atoms with Crippen LogP contribution in [0.5, 0.6) is 11.5 Å². The third-order valence-electron chi connectivity index (χ3n) is 3.95. The summed E-state index contributed by atoms with van der Waals surface area (Å²) in [5.41, 5.74) is 3.49. The van der Waals surface area contributed by atoms with Crippen molar-refractivity contribution in [3.8, 4) is 22.6 Å². The van der Waals surface area contributed by atoms with E-state index in [1.807, 2.05) is 54.9 Å². The average Bonchev–Trinajstić information content (AvgIpc) is 2.63. The maximum atomic E-state index is 5.84. The lowest BCUT2D eigenvalue weighted by Crippen LogP contribution is -2.16. The van der Waals surface area contributed by atoms with Crippen LogP contribution in [-0.4, -0.2) is 23.5 Å². The summed E-state index contributed by atoms with van der Waals surface area (Å²) in [6.07, 6.45) is 3.84. The van der Waals surface area contributed by atoms with Gasteiger partial charge in [-0.05, 0) is 55.1 Å². The molecule has 0 aliphatic heterocycles. The SMILES string of the molecule is CCN(C)Cc1cncc(-c2ccc(Oc3ccccc3)cc2)c1. The Kier molecular flexibility index (Phi) is 5.24. The van der Waals surface area contributed by atoms with Crippen LogP contribution in [0.3, 0.4) is 0 Å². The Morgan fingerprint density at radius 1 is 0.875 bits per heavy atom. The molecule has 3 aromatic rings. The molecule has 1 heterocycles. The van der Waals surface area contributed by atoms with Crippen LogP contribution < -0.4 is 4.74 Å². The molecular formula is C21H22N2O. The van der Waals surface area contributed by atoms with Gasteiger partial charge in [0, 0.05) is 24.5 Å². The van der Waals surface area contributed by atoms with Crippen LogP contribution in [0.4, 0.5) is 0 Å². The molecule has 0 saturated heterocycles. The summed E-state index contributed by atoms with van der Waals surface area (Å²) in [4.78, 5) is 6.64. The summed E-state index contributed by atoms with van der Waals surface area (Å²) in [6, 6.07) is 20.1. The van der Waals surface area contributed by atoms with E-state index >= 15 is 0 Å². The minimum Gasteiger partial charge on any atom is -0.457 e. The van der Waals surface area contributed by atoms with E-state index in [0.29, 0.717) is 0 Å². The first-order valence-electron chi connectivity index (χ1n) is 8.20. The normalized spacial score (nSPS) is 10.8. The molecule has 1 aromatic heterocycles. The van der Waals surface area contributed by atoms with Gasteiger partial charge in [0.15, 0.2) is 0 Å². The van der Waals surface area contributed by atoms with Crippen LogP contribution in [0.2, 0.25) is 0 Å². The summed E-state index contributed by atoms with van der Waals surface area (Å²) in [6.45, 7) is 4.09. The molecule has 0 atom stereocenters. The van der Waals surface area contributed by atoms with Crippen LogP contribution >= 0.6 is 0 Å². The fraction of sp³-hybridized carbons (Fsp3) is 0.190. The van der Waals surface area contributed by atoms with E-state index in [4.69, 9.17) is 4.74 Å².